The van der Waals surface area contributed by atoms with Crippen molar-refractivity contribution in [2.45, 2.75) is 36.2 Å². The molecule has 0 amide bonds. The van der Waals surface area contributed by atoms with Crippen molar-refractivity contribution < 1.29 is 9.90 Å². The Hall–Kier alpha value is -2.08. The summed E-state index contributed by atoms with van der Waals surface area (Å²) in [5.41, 5.74) is -0.332. The van der Waals surface area contributed by atoms with Crippen LogP contribution in [0.2, 0.25) is 0 Å². The number of aromatic carboxylic acids is 1. The van der Waals surface area contributed by atoms with E-state index in [0.29, 0.717) is 9.92 Å². The van der Waals surface area contributed by atoms with Crippen molar-refractivity contribution in [2.75, 3.05) is 0 Å². The third kappa shape index (κ3) is 3.52. The Morgan fingerprint density at radius 3 is 2.67 bits per heavy atom. The molecule has 0 spiro atoms. The third-order valence-electron chi connectivity index (χ3n) is 2.83. The number of hydrogen-bond donors (Lipinski definition) is 1. The maximum Gasteiger partial charge on any atom is 0.335 e. The van der Waals surface area contributed by atoms with E-state index < -0.39 is 5.97 Å². The van der Waals surface area contributed by atoms with E-state index in [1.165, 1.54) is 23.9 Å². The number of benzene rings is 1. The average molecular weight is 304 g/mol. The lowest BCUT2D eigenvalue weighted by atomic mass is 10.1. The number of aromatic nitrogens is 2. The molecular formula is C15H16N2O3S. The minimum atomic E-state index is -0.995. The largest absolute Gasteiger partial charge is 0.478 e. The molecule has 1 aromatic heterocycles. The lowest BCUT2D eigenvalue weighted by Gasteiger charge is -2.22. The molecule has 21 heavy (non-hydrogen) atoms. The predicted molar refractivity (Wildman–Crippen MR) is 81.0 cm³/mol. The number of carbonyl (C=O) groups is 1. The van der Waals surface area contributed by atoms with Gasteiger partial charge in [-0.2, -0.15) is 0 Å². The first-order chi connectivity index (χ1) is 9.79. The Balaban J connectivity index is 2.39. The second-order valence-corrected chi connectivity index (χ2v) is 6.58. The first kappa shape index (κ1) is 15.3. The van der Waals surface area contributed by atoms with Gasteiger partial charge in [-0.1, -0.05) is 17.8 Å². The molecule has 5 nitrogen and oxygen atoms in total. The molecule has 1 heterocycles. The van der Waals surface area contributed by atoms with Crippen molar-refractivity contribution in [2.24, 2.45) is 0 Å². The maximum atomic E-state index is 12.4. The molecule has 0 saturated carbocycles. The van der Waals surface area contributed by atoms with Crippen LogP contribution < -0.4 is 5.56 Å². The van der Waals surface area contributed by atoms with Gasteiger partial charge < -0.3 is 9.67 Å². The molecule has 0 aliphatic carbocycles. The van der Waals surface area contributed by atoms with Gasteiger partial charge in [0.1, 0.15) is 0 Å². The van der Waals surface area contributed by atoms with Crippen LogP contribution in [0.1, 0.15) is 31.1 Å². The van der Waals surface area contributed by atoms with Crippen LogP contribution in [0.15, 0.2) is 51.4 Å². The summed E-state index contributed by atoms with van der Waals surface area (Å²) < 4.78 is 1.61. The lowest BCUT2D eigenvalue weighted by Crippen LogP contribution is -2.34. The molecule has 0 atom stereocenters. The highest BCUT2D eigenvalue weighted by Gasteiger charge is 2.17. The molecular weight excluding hydrogens is 288 g/mol. The second kappa shape index (κ2) is 5.73. The lowest BCUT2D eigenvalue weighted by molar-refractivity contribution is 0.0696. The van der Waals surface area contributed by atoms with Crippen molar-refractivity contribution in [1.82, 2.24) is 9.55 Å². The summed E-state index contributed by atoms with van der Waals surface area (Å²) in [6.45, 7) is 5.82. The van der Waals surface area contributed by atoms with Gasteiger partial charge in [0.2, 0.25) is 0 Å². The summed E-state index contributed by atoms with van der Waals surface area (Å²) in [5, 5.41) is 9.32. The summed E-state index contributed by atoms with van der Waals surface area (Å²) in [6.07, 6.45) is 3.23. The number of nitrogens with zero attached hydrogens (tertiary/aromatic N) is 2. The highest BCUT2D eigenvalue weighted by atomic mass is 32.2. The second-order valence-electron chi connectivity index (χ2n) is 5.51. The third-order valence-corrected chi connectivity index (χ3v) is 3.79. The molecule has 0 unspecified atom stereocenters. The smallest absolute Gasteiger partial charge is 0.335 e. The Bertz CT molecular complexity index is 732. The molecule has 0 aliphatic rings. The minimum absolute atomic E-state index is 0.185. The SMILES string of the molecule is CC(C)(C)n1ccnc(Sc2cccc(C(=O)O)c2)c1=O. The Morgan fingerprint density at radius 2 is 2.05 bits per heavy atom. The first-order valence-electron chi connectivity index (χ1n) is 6.38. The van der Waals surface area contributed by atoms with Gasteiger partial charge in [-0.15, -0.1) is 0 Å². The van der Waals surface area contributed by atoms with Crippen LogP contribution >= 0.6 is 11.8 Å². The van der Waals surface area contributed by atoms with E-state index in [1.807, 2.05) is 20.8 Å². The van der Waals surface area contributed by atoms with E-state index in [2.05, 4.69) is 4.98 Å². The predicted octanol–water partition coefficient (Wildman–Crippen LogP) is 2.85. The van der Waals surface area contributed by atoms with E-state index in [4.69, 9.17) is 5.11 Å². The van der Waals surface area contributed by atoms with Gasteiger partial charge in [0.25, 0.3) is 5.56 Å². The van der Waals surface area contributed by atoms with Crippen LogP contribution in [0.5, 0.6) is 0 Å². The molecule has 0 aliphatic heterocycles. The topological polar surface area (TPSA) is 72.2 Å². The summed E-state index contributed by atoms with van der Waals surface area (Å²) in [6, 6.07) is 6.45. The Morgan fingerprint density at radius 1 is 1.33 bits per heavy atom. The number of hydrogen-bond acceptors (Lipinski definition) is 4. The van der Waals surface area contributed by atoms with Crippen molar-refractivity contribution in [3.63, 3.8) is 0 Å². The molecule has 110 valence electrons. The monoisotopic (exact) mass is 304 g/mol. The molecule has 1 N–H and O–H groups in total. The summed E-state index contributed by atoms with van der Waals surface area (Å²) in [7, 11) is 0. The zero-order valence-electron chi connectivity index (χ0n) is 12.0. The molecule has 0 radical (unpaired) electrons. The van der Waals surface area contributed by atoms with Gasteiger partial charge in [-0.05, 0) is 39.0 Å². The fraction of sp³-hybridized carbons (Fsp3) is 0.267. The van der Waals surface area contributed by atoms with Crippen LogP contribution in [0, 0.1) is 0 Å². The average Bonchev–Trinajstić information content (AvgIpc) is 2.40. The van der Waals surface area contributed by atoms with Crippen molar-refractivity contribution in [1.29, 1.82) is 0 Å². The zero-order valence-corrected chi connectivity index (χ0v) is 12.8. The summed E-state index contributed by atoms with van der Waals surface area (Å²) in [5.74, 6) is -0.995. The first-order valence-corrected chi connectivity index (χ1v) is 7.20. The van der Waals surface area contributed by atoms with Crippen LogP contribution in [-0.2, 0) is 5.54 Å². The molecule has 2 aromatic rings. The standard InChI is InChI=1S/C15H16N2O3S/c1-15(2,3)17-8-7-16-12(13(17)18)21-11-6-4-5-10(9-11)14(19)20/h4-9H,1-3H3,(H,19,20). The van der Waals surface area contributed by atoms with Crippen LogP contribution in [-0.4, -0.2) is 20.6 Å². The van der Waals surface area contributed by atoms with Crippen LogP contribution in [0.4, 0.5) is 0 Å². The van der Waals surface area contributed by atoms with Gasteiger partial charge in [-0.3, -0.25) is 4.79 Å². The molecule has 1 aromatic carbocycles. The molecule has 2 rings (SSSR count). The number of rotatable bonds is 3. The van der Waals surface area contributed by atoms with E-state index in [-0.39, 0.29) is 16.7 Å². The molecule has 0 saturated heterocycles. The van der Waals surface area contributed by atoms with Crippen molar-refractivity contribution in [3.8, 4) is 0 Å². The molecule has 0 fully saturated rings. The van der Waals surface area contributed by atoms with E-state index in [0.717, 1.165) is 0 Å². The van der Waals surface area contributed by atoms with Crippen molar-refractivity contribution >= 4 is 17.7 Å². The van der Waals surface area contributed by atoms with Gasteiger partial charge in [0.15, 0.2) is 5.03 Å². The van der Waals surface area contributed by atoms with Crippen molar-refractivity contribution in [3.05, 3.63) is 52.6 Å². The molecule has 6 heteroatoms. The van der Waals surface area contributed by atoms with Gasteiger partial charge in [-0.25, -0.2) is 9.78 Å². The summed E-state index contributed by atoms with van der Waals surface area (Å²) in [4.78, 5) is 28.1. The van der Waals surface area contributed by atoms with Gasteiger partial charge >= 0.3 is 5.97 Å². The quantitative estimate of drug-likeness (QED) is 0.944. The Labute approximate surface area is 126 Å². The Kier molecular flexibility index (Phi) is 4.18. The van der Waals surface area contributed by atoms with Gasteiger partial charge in [0, 0.05) is 22.8 Å². The highest BCUT2D eigenvalue weighted by molar-refractivity contribution is 7.99. The number of carboxylic acid groups (broad SMARTS) is 1. The normalized spacial score (nSPS) is 11.4. The number of carboxylic acids is 1. The van der Waals surface area contributed by atoms with Crippen LogP contribution in [0.25, 0.3) is 0 Å². The summed E-state index contributed by atoms with van der Waals surface area (Å²) >= 11 is 1.17. The highest BCUT2D eigenvalue weighted by Crippen LogP contribution is 2.24. The zero-order chi connectivity index (χ0) is 15.6. The maximum absolute atomic E-state index is 12.4. The van der Waals surface area contributed by atoms with Gasteiger partial charge in [0.05, 0.1) is 5.56 Å². The van der Waals surface area contributed by atoms with Crippen LogP contribution in [0.3, 0.4) is 0 Å². The van der Waals surface area contributed by atoms with E-state index >= 15 is 0 Å². The fourth-order valence-electron chi connectivity index (χ4n) is 1.80. The molecule has 0 bridgehead atoms. The van der Waals surface area contributed by atoms with E-state index in [9.17, 15) is 9.59 Å². The fourth-order valence-corrected chi connectivity index (χ4v) is 2.65. The minimum Gasteiger partial charge on any atom is -0.478 e. The van der Waals surface area contributed by atoms with E-state index in [1.54, 1.807) is 29.1 Å².